The van der Waals surface area contributed by atoms with Gasteiger partial charge in [0.2, 0.25) is 0 Å². The van der Waals surface area contributed by atoms with Crippen molar-refractivity contribution in [1.82, 2.24) is 15.1 Å². The van der Waals surface area contributed by atoms with Gasteiger partial charge in [-0.2, -0.15) is 5.10 Å². The van der Waals surface area contributed by atoms with Crippen LogP contribution in [-0.4, -0.2) is 47.8 Å². The minimum atomic E-state index is -3.44. The van der Waals surface area contributed by atoms with E-state index in [0.717, 1.165) is 5.56 Å². The number of hydrogen-bond donors (Lipinski definition) is 1. The maximum atomic E-state index is 12.8. The maximum Gasteiger partial charge on any atom is 0.271 e. The number of nitrogens with zero attached hydrogens (tertiary/aromatic N) is 2. The van der Waals surface area contributed by atoms with Crippen LogP contribution in [0, 0.1) is 0 Å². The molecule has 138 valence electrons. The topological polar surface area (TPSA) is 83.1 Å². The Balaban J connectivity index is 1.50. The van der Waals surface area contributed by atoms with E-state index in [4.69, 9.17) is 0 Å². The molecule has 2 aromatic carbocycles. The predicted molar refractivity (Wildman–Crippen MR) is 102 cm³/mol. The normalized spacial score (nSPS) is 17.2. The summed E-state index contributed by atoms with van der Waals surface area (Å²) < 4.78 is 25.5. The second-order valence-electron chi connectivity index (χ2n) is 6.55. The van der Waals surface area contributed by atoms with Gasteiger partial charge in [-0.15, -0.1) is 0 Å². The van der Waals surface area contributed by atoms with Gasteiger partial charge in [-0.25, -0.2) is 8.42 Å². The number of carbonyl (C=O) groups is 1. The monoisotopic (exact) mass is 381 g/mol. The lowest BCUT2D eigenvalue weighted by atomic mass is 10.1. The molecule has 0 saturated carbocycles. The molecular formula is C20H19N3O3S. The van der Waals surface area contributed by atoms with Crippen molar-refractivity contribution < 1.29 is 13.2 Å². The smallest absolute Gasteiger partial charge is 0.271 e. The Morgan fingerprint density at radius 1 is 1.04 bits per heavy atom. The van der Waals surface area contributed by atoms with Gasteiger partial charge in [0.05, 0.1) is 15.8 Å². The van der Waals surface area contributed by atoms with Gasteiger partial charge in [-0.3, -0.25) is 9.89 Å². The first-order chi connectivity index (χ1) is 13.1. The third kappa shape index (κ3) is 3.38. The summed E-state index contributed by atoms with van der Waals surface area (Å²) in [6.45, 7) is 0.602. The van der Waals surface area contributed by atoms with Crippen LogP contribution in [0.15, 0.2) is 71.6 Å². The molecule has 2 heterocycles. The van der Waals surface area contributed by atoms with E-state index in [1.165, 1.54) is 0 Å². The van der Waals surface area contributed by atoms with Crippen LogP contribution in [0.4, 0.5) is 0 Å². The molecule has 0 radical (unpaired) electrons. The highest BCUT2D eigenvalue weighted by atomic mass is 32.2. The maximum absolute atomic E-state index is 12.8. The molecule has 0 spiro atoms. The van der Waals surface area contributed by atoms with Crippen LogP contribution in [0.3, 0.4) is 0 Å². The van der Waals surface area contributed by atoms with Crippen molar-refractivity contribution in [3.8, 4) is 11.3 Å². The van der Waals surface area contributed by atoms with Gasteiger partial charge in [-0.05, 0) is 24.6 Å². The molecule has 0 aliphatic carbocycles. The lowest BCUT2D eigenvalue weighted by Crippen LogP contribution is -2.32. The number of benzene rings is 2. The van der Waals surface area contributed by atoms with E-state index >= 15 is 0 Å². The standard InChI is InChI=1S/C20H19N3O3S/c24-20(19-13-18(21-22-19)15-7-3-1-4-8-15)23-12-11-17(14-23)27(25,26)16-9-5-2-6-10-16/h1-10,13,17H,11-12,14H2,(H,21,22). The molecule has 7 heteroatoms. The molecule has 0 bridgehead atoms. The Morgan fingerprint density at radius 3 is 2.41 bits per heavy atom. The summed E-state index contributed by atoms with van der Waals surface area (Å²) in [7, 11) is -3.44. The summed E-state index contributed by atoms with van der Waals surface area (Å²) in [4.78, 5) is 14.6. The number of hydrogen-bond acceptors (Lipinski definition) is 4. The fourth-order valence-electron chi connectivity index (χ4n) is 3.33. The fraction of sp³-hybridized carbons (Fsp3) is 0.200. The Morgan fingerprint density at radius 2 is 1.70 bits per heavy atom. The molecule has 1 fully saturated rings. The van der Waals surface area contributed by atoms with Crippen molar-refractivity contribution in [2.45, 2.75) is 16.6 Å². The minimum absolute atomic E-state index is 0.190. The van der Waals surface area contributed by atoms with Gasteiger partial charge in [0, 0.05) is 18.7 Å². The van der Waals surface area contributed by atoms with Gasteiger partial charge in [0.15, 0.2) is 9.84 Å². The predicted octanol–water partition coefficient (Wildman–Crippen LogP) is 2.77. The Kier molecular flexibility index (Phi) is 4.53. The van der Waals surface area contributed by atoms with Gasteiger partial charge in [-0.1, -0.05) is 48.5 Å². The Bertz CT molecular complexity index is 1050. The number of amides is 1. The zero-order valence-corrected chi connectivity index (χ0v) is 15.4. The largest absolute Gasteiger partial charge is 0.336 e. The van der Waals surface area contributed by atoms with E-state index in [9.17, 15) is 13.2 Å². The van der Waals surface area contributed by atoms with Gasteiger partial charge in [0.1, 0.15) is 5.69 Å². The van der Waals surface area contributed by atoms with Gasteiger partial charge in [0.25, 0.3) is 5.91 Å². The lowest BCUT2D eigenvalue weighted by Gasteiger charge is -2.15. The highest BCUT2D eigenvalue weighted by molar-refractivity contribution is 7.92. The zero-order valence-electron chi connectivity index (χ0n) is 14.6. The molecule has 3 aromatic rings. The van der Waals surface area contributed by atoms with Crippen LogP contribution < -0.4 is 0 Å². The molecular weight excluding hydrogens is 362 g/mol. The van der Waals surface area contributed by atoms with Crippen molar-refractivity contribution in [2.75, 3.05) is 13.1 Å². The first-order valence-corrected chi connectivity index (χ1v) is 10.3. The third-order valence-electron chi connectivity index (χ3n) is 4.82. The first-order valence-electron chi connectivity index (χ1n) is 8.75. The van der Waals surface area contributed by atoms with E-state index < -0.39 is 15.1 Å². The number of nitrogens with one attached hydrogen (secondary N) is 1. The second-order valence-corrected chi connectivity index (χ2v) is 8.78. The van der Waals surface area contributed by atoms with Crippen molar-refractivity contribution in [2.24, 2.45) is 0 Å². The highest BCUT2D eigenvalue weighted by Crippen LogP contribution is 2.25. The summed E-state index contributed by atoms with van der Waals surface area (Å²) in [6.07, 6.45) is 0.433. The molecule has 4 rings (SSSR count). The molecule has 1 amide bonds. The second kappa shape index (κ2) is 7.00. The highest BCUT2D eigenvalue weighted by Gasteiger charge is 2.36. The number of rotatable bonds is 4. The Hall–Kier alpha value is -2.93. The molecule has 1 aliphatic heterocycles. The average molecular weight is 381 g/mol. The van der Waals surface area contributed by atoms with Crippen LogP contribution in [-0.2, 0) is 9.84 Å². The average Bonchev–Trinajstić information content (AvgIpc) is 3.39. The molecule has 1 saturated heterocycles. The number of carbonyl (C=O) groups excluding carboxylic acids is 1. The minimum Gasteiger partial charge on any atom is -0.336 e. The Labute approximate surface area is 157 Å². The van der Waals surface area contributed by atoms with Crippen molar-refractivity contribution in [3.05, 3.63) is 72.4 Å². The fourth-order valence-corrected chi connectivity index (χ4v) is 5.04. The molecule has 1 aliphatic rings. The van der Waals surface area contributed by atoms with Gasteiger partial charge < -0.3 is 4.90 Å². The summed E-state index contributed by atoms with van der Waals surface area (Å²) >= 11 is 0. The molecule has 27 heavy (non-hydrogen) atoms. The summed E-state index contributed by atoms with van der Waals surface area (Å²) in [5.74, 6) is -0.226. The molecule has 6 nitrogen and oxygen atoms in total. The third-order valence-corrected chi connectivity index (χ3v) is 7.01. The number of aromatic amines is 1. The molecule has 1 unspecified atom stereocenters. The van der Waals surface area contributed by atoms with E-state index in [0.29, 0.717) is 29.2 Å². The van der Waals surface area contributed by atoms with E-state index in [-0.39, 0.29) is 12.5 Å². The van der Waals surface area contributed by atoms with Crippen molar-refractivity contribution in [3.63, 3.8) is 0 Å². The lowest BCUT2D eigenvalue weighted by molar-refractivity contribution is 0.0787. The van der Waals surface area contributed by atoms with Gasteiger partial charge >= 0.3 is 0 Å². The van der Waals surface area contributed by atoms with Crippen molar-refractivity contribution >= 4 is 15.7 Å². The van der Waals surface area contributed by atoms with E-state index in [1.54, 1.807) is 41.3 Å². The number of likely N-dealkylation sites (tertiary alicyclic amines) is 1. The molecule has 1 N–H and O–H groups in total. The number of aromatic nitrogens is 2. The summed E-state index contributed by atoms with van der Waals surface area (Å²) in [5, 5.41) is 6.40. The molecule has 1 aromatic heterocycles. The van der Waals surface area contributed by atoms with Crippen LogP contribution in [0.25, 0.3) is 11.3 Å². The van der Waals surface area contributed by atoms with E-state index in [2.05, 4.69) is 10.2 Å². The van der Waals surface area contributed by atoms with Crippen LogP contribution >= 0.6 is 0 Å². The van der Waals surface area contributed by atoms with Crippen LogP contribution in [0.2, 0.25) is 0 Å². The number of sulfone groups is 1. The van der Waals surface area contributed by atoms with Crippen LogP contribution in [0.5, 0.6) is 0 Å². The summed E-state index contributed by atoms with van der Waals surface area (Å²) in [6, 6.07) is 19.7. The first kappa shape index (κ1) is 17.5. The summed E-state index contributed by atoms with van der Waals surface area (Å²) in [5.41, 5.74) is 1.97. The van der Waals surface area contributed by atoms with E-state index in [1.807, 2.05) is 30.3 Å². The number of H-pyrrole nitrogens is 1. The quantitative estimate of drug-likeness (QED) is 0.753. The van der Waals surface area contributed by atoms with Crippen molar-refractivity contribution in [1.29, 1.82) is 0 Å². The van der Waals surface area contributed by atoms with Crippen LogP contribution in [0.1, 0.15) is 16.9 Å². The molecule has 1 atom stereocenters. The SMILES string of the molecule is O=C(c1cc(-c2ccccc2)n[nH]1)N1CCC(S(=O)(=O)c2ccccc2)C1. The zero-order chi connectivity index (χ0) is 18.9.